The van der Waals surface area contributed by atoms with Crippen LogP contribution in [0.3, 0.4) is 0 Å². The zero-order valence-corrected chi connectivity index (χ0v) is 16.4. The van der Waals surface area contributed by atoms with Gasteiger partial charge in [0, 0.05) is 23.4 Å². The smallest absolute Gasteiger partial charge is 0.334 e. The van der Waals surface area contributed by atoms with Crippen molar-refractivity contribution < 1.29 is 14.6 Å². The number of benzene rings is 2. The minimum Gasteiger partial charge on any atom is -0.334 e. The van der Waals surface area contributed by atoms with E-state index in [0.717, 1.165) is 17.5 Å². The second kappa shape index (κ2) is 8.82. The lowest BCUT2D eigenvalue weighted by atomic mass is 10.1. The number of anilines is 3. The summed E-state index contributed by atoms with van der Waals surface area (Å²) in [6.45, 7) is 3.86. The molecule has 0 unspecified atom stereocenters. The molecule has 2 aromatic carbocycles. The number of aromatic nitrogens is 2. The summed E-state index contributed by atoms with van der Waals surface area (Å²) in [4.78, 5) is 41.1. The van der Waals surface area contributed by atoms with Gasteiger partial charge in [0.1, 0.15) is 6.33 Å². The minimum absolute atomic E-state index is 0.0599. The van der Waals surface area contributed by atoms with E-state index in [0.29, 0.717) is 5.69 Å². The Hall–Kier alpha value is -4.61. The van der Waals surface area contributed by atoms with Crippen molar-refractivity contribution in [2.75, 3.05) is 10.7 Å². The molecule has 0 radical (unpaired) electrons. The first-order valence-electron chi connectivity index (χ1n) is 8.90. The molecule has 3 aromatic rings. The Morgan fingerprint density at radius 2 is 1.58 bits per heavy atom. The number of rotatable bonds is 7. The fraction of sp³-hybridized carbons (Fsp3) is 0.105. The first-order valence-corrected chi connectivity index (χ1v) is 8.90. The second-order valence-corrected chi connectivity index (χ2v) is 6.48. The summed E-state index contributed by atoms with van der Waals surface area (Å²) >= 11 is 0. The molecule has 0 aliphatic rings. The Morgan fingerprint density at radius 3 is 2.19 bits per heavy atom. The predicted molar refractivity (Wildman–Crippen MR) is 112 cm³/mol. The summed E-state index contributed by atoms with van der Waals surface area (Å²) in [5.74, 6) is -0.955. The second-order valence-electron chi connectivity index (χ2n) is 6.48. The van der Waals surface area contributed by atoms with Crippen molar-refractivity contribution in [1.82, 2.24) is 15.4 Å². The van der Waals surface area contributed by atoms with Gasteiger partial charge in [0.25, 0.3) is 11.6 Å². The van der Waals surface area contributed by atoms with Crippen LogP contribution in [0.15, 0.2) is 48.8 Å². The number of carbonyl (C=O) groups excluding carboxylic acids is 1. The SMILES string of the molecule is Cc1ccc(Nc2ncnc(NNC(=O)c3ccc([N+](=O)[O-])cc3)c2[N+](=O)[O-])cc1C. The van der Waals surface area contributed by atoms with Gasteiger partial charge in [-0.2, -0.15) is 0 Å². The van der Waals surface area contributed by atoms with E-state index in [2.05, 4.69) is 26.1 Å². The number of nitrogens with one attached hydrogen (secondary N) is 3. The molecule has 0 saturated carbocycles. The molecular weight excluding hydrogens is 406 g/mol. The van der Waals surface area contributed by atoms with Crippen LogP contribution in [0.1, 0.15) is 21.5 Å². The summed E-state index contributed by atoms with van der Waals surface area (Å²) in [7, 11) is 0. The van der Waals surface area contributed by atoms with Crippen molar-refractivity contribution in [2.45, 2.75) is 13.8 Å². The normalized spacial score (nSPS) is 10.3. The average molecular weight is 423 g/mol. The van der Waals surface area contributed by atoms with E-state index in [1.54, 1.807) is 6.07 Å². The number of nitro benzene ring substituents is 1. The number of carbonyl (C=O) groups is 1. The van der Waals surface area contributed by atoms with Crippen LogP contribution in [0.4, 0.5) is 28.7 Å². The third-order valence-corrected chi connectivity index (χ3v) is 4.41. The fourth-order valence-corrected chi connectivity index (χ4v) is 2.61. The molecule has 0 saturated heterocycles. The highest BCUT2D eigenvalue weighted by Crippen LogP contribution is 2.31. The molecule has 0 aliphatic carbocycles. The van der Waals surface area contributed by atoms with Gasteiger partial charge in [-0.25, -0.2) is 9.97 Å². The third-order valence-electron chi connectivity index (χ3n) is 4.41. The number of amides is 1. The van der Waals surface area contributed by atoms with Gasteiger partial charge in [0.15, 0.2) is 0 Å². The Kier molecular flexibility index (Phi) is 6.00. The van der Waals surface area contributed by atoms with Gasteiger partial charge in [-0.15, -0.1) is 0 Å². The lowest BCUT2D eigenvalue weighted by molar-refractivity contribution is -0.384. The lowest BCUT2D eigenvalue weighted by Crippen LogP contribution is -2.30. The Morgan fingerprint density at radius 1 is 0.903 bits per heavy atom. The Bertz CT molecular complexity index is 1160. The Balaban J connectivity index is 1.80. The minimum atomic E-state index is -0.677. The van der Waals surface area contributed by atoms with Crippen molar-refractivity contribution in [1.29, 1.82) is 0 Å². The molecule has 0 spiro atoms. The van der Waals surface area contributed by atoms with E-state index < -0.39 is 21.4 Å². The molecule has 3 rings (SSSR count). The largest absolute Gasteiger partial charge is 0.355 e. The molecule has 0 aliphatic heterocycles. The molecule has 1 aromatic heterocycles. The van der Waals surface area contributed by atoms with Gasteiger partial charge >= 0.3 is 5.69 Å². The van der Waals surface area contributed by atoms with Crippen molar-refractivity contribution in [2.24, 2.45) is 0 Å². The van der Waals surface area contributed by atoms with Gasteiger partial charge < -0.3 is 5.32 Å². The van der Waals surface area contributed by atoms with Gasteiger partial charge in [0.05, 0.1) is 9.85 Å². The van der Waals surface area contributed by atoms with E-state index in [9.17, 15) is 25.0 Å². The van der Waals surface area contributed by atoms with Crippen LogP contribution < -0.4 is 16.2 Å². The van der Waals surface area contributed by atoms with E-state index in [1.807, 2.05) is 26.0 Å². The van der Waals surface area contributed by atoms with Gasteiger partial charge in [-0.05, 0) is 49.2 Å². The summed E-state index contributed by atoms with van der Waals surface area (Å²) in [6, 6.07) is 10.3. The summed E-state index contributed by atoms with van der Waals surface area (Å²) in [5, 5.41) is 25.2. The number of hydrogen-bond acceptors (Lipinski definition) is 9. The zero-order chi connectivity index (χ0) is 22.5. The summed E-state index contributed by atoms with van der Waals surface area (Å²) in [5.41, 5.74) is 6.84. The van der Waals surface area contributed by atoms with E-state index >= 15 is 0 Å². The predicted octanol–water partition coefficient (Wildman–Crippen LogP) is 3.41. The van der Waals surface area contributed by atoms with Gasteiger partial charge in [-0.1, -0.05) is 6.07 Å². The molecule has 1 amide bonds. The van der Waals surface area contributed by atoms with Crippen molar-refractivity contribution in [3.8, 4) is 0 Å². The summed E-state index contributed by atoms with van der Waals surface area (Å²) in [6.07, 6.45) is 1.11. The molecule has 12 heteroatoms. The number of nitrogens with zero attached hydrogens (tertiary/aromatic N) is 4. The van der Waals surface area contributed by atoms with Crippen LogP contribution in [0.5, 0.6) is 0 Å². The van der Waals surface area contributed by atoms with E-state index in [4.69, 9.17) is 0 Å². The van der Waals surface area contributed by atoms with Crippen LogP contribution in [0.2, 0.25) is 0 Å². The molecular formula is C19H17N7O5. The number of nitro groups is 2. The molecule has 3 N–H and O–H groups in total. The van der Waals surface area contributed by atoms with Crippen molar-refractivity contribution in [3.63, 3.8) is 0 Å². The van der Waals surface area contributed by atoms with Crippen LogP contribution in [0.25, 0.3) is 0 Å². The zero-order valence-electron chi connectivity index (χ0n) is 16.4. The molecule has 0 atom stereocenters. The highest BCUT2D eigenvalue weighted by atomic mass is 16.6. The van der Waals surface area contributed by atoms with Crippen molar-refractivity contribution >= 4 is 34.6 Å². The van der Waals surface area contributed by atoms with Crippen LogP contribution in [-0.2, 0) is 0 Å². The molecule has 1 heterocycles. The molecule has 158 valence electrons. The van der Waals surface area contributed by atoms with Crippen LogP contribution in [-0.4, -0.2) is 25.7 Å². The fourth-order valence-electron chi connectivity index (χ4n) is 2.61. The standard InChI is InChI=1S/C19H17N7O5/c1-11-3-6-14(9-12(11)2)22-17-16(26(30)31)18(21-10-20-17)23-24-19(27)13-4-7-15(8-5-13)25(28)29/h3-10H,1-2H3,(H,24,27)(H2,20,21,22,23). The van der Waals surface area contributed by atoms with E-state index in [1.165, 1.54) is 24.3 Å². The van der Waals surface area contributed by atoms with Gasteiger partial charge in [0.2, 0.25) is 11.6 Å². The summed E-state index contributed by atoms with van der Waals surface area (Å²) < 4.78 is 0. The monoisotopic (exact) mass is 423 g/mol. The maximum absolute atomic E-state index is 12.3. The highest BCUT2D eigenvalue weighted by Gasteiger charge is 2.24. The topological polar surface area (TPSA) is 165 Å². The van der Waals surface area contributed by atoms with Gasteiger partial charge in [-0.3, -0.25) is 35.9 Å². The number of hydrogen-bond donors (Lipinski definition) is 3. The quantitative estimate of drug-likeness (QED) is 0.381. The van der Waals surface area contributed by atoms with Crippen molar-refractivity contribution in [3.05, 3.63) is 85.7 Å². The highest BCUT2D eigenvalue weighted by molar-refractivity contribution is 5.95. The molecule has 0 fully saturated rings. The van der Waals surface area contributed by atoms with E-state index in [-0.39, 0.29) is 22.9 Å². The number of hydrazine groups is 1. The molecule has 0 bridgehead atoms. The number of aryl methyl sites for hydroxylation is 2. The average Bonchev–Trinajstić information content (AvgIpc) is 2.74. The molecule has 31 heavy (non-hydrogen) atoms. The van der Waals surface area contributed by atoms with Crippen LogP contribution in [0, 0.1) is 34.1 Å². The Labute approximate surface area is 175 Å². The maximum atomic E-state index is 12.3. The lowest BCUT2D eigenvalue weighted by Gasteiger charge is -2.11. The first-order chi connectivity index (χ1) is 14.8. The molecule has 12 nitrogen and oxygen atoms in total. The number of non-ortho nitro benzene ring substituents is 1. The third kappa shape index (κ3) is 4.87. The van der Waals surface area contributed by atoms with Crippen LogP contribution >= 0.6 is 0 Å². The first kappa shape index (κ1) is 21.1. The maximum Gasteiger partial charge on any atom is 0.355 e.